The maximum Gasteiger partial charge on any atom is 1.00 e. The predicted octanol–water partition coefficient (Wildman–Crippen LogP) is -16.5. The van der Waals surface area contributed by atoms with E-state index >= 15 is 0 Å². The Balaban J connectivity index is 0. The molecule has 3 aromatic rings. The summed E-state index contributed by atoms with van der Waals surface area (Å²) in [6.07, 6.45) is 0. The Bertz CT molecular complexity index is 2160. The van der Waals surface area contributed by atoms with E-state index in [-0.39, 0.29) is 168 Å². The van der Waals surface area contributed by atoms with Gasteiger partial charge in [0.25, 0.3) is 10.1 Å². The zero-order valence-corrected chi connectivity index (χ0v) is 38.4. The van der Waals surface area contributed by atoms with E-state index < -0.39 is 114 Å². The number of carbonyl (C=O) groups excluding carboxylic acids is 6. The summed E-state index contributed by atoms with van der Waals surface area (Å²) in [6, 6.07) is 3.12. The predicted molar refractivity (Wildman–Crippen MR) is 132 cm³/mol. The molecule has 0 saturated carbocycles. The maximum absolute atomic E-state index is 12.7. The summed E-state index contributed by atoms with van der Waals surface area (Å²) < 4.78 is 92.4. The molecule has 0 aliphatic rings. The van der Waals surface area contributed by atoms with Gasteiger partial charge in [0.2, 0.25) is 0 Å². The van der Waals surface area contributed by atoms with Gasteiger partial charge in [0, 0.05) is 0 Å². The first-order chi connectivity index (χ1) is 21.0. The van der Waals surface area contributed by atoms with E-state index in [1.165, 1.54) is 0 Å². The minimum Gasteiger partial charge on any atom is -0.545 e. The molecule has 3 rings (SSSR count). The fourth-order valence-corrected chi connectivity index (χ4v) is 5.95. The smallest absolute Gasteiger partial charge is 0.545 e. The molecule has 0 unspecified atom stereocenters. The molecule has 0 aliphatic carbocycles. The van der Waals surface area contributed by atoms with Crippen LogP contribution in [0.25, 0.3) is 0 Å². The van der Waals surface area contributed by atoms with Crippen LogP contribution in [0.1, 0.15) is 62.1 Å². The largest absolute Gasteiger partial charge is 1.00 e. The number of hydrogen-bond donors (Lipinski definition) is 1. The summed E-state index contributed by atoms with van der Waals surface area (Å²) in [5.74, 6) is -12.3. The SMILES string of the molecule is O=C([O-])c1cc(C(=O)[O-])cc(S(=O)(=O)OC(=O)c2ccc(C(=O)OS(=O)(=O)c3cc(C(=O)[O-])cc(C(=O)[O-])c3)c(S(=O)(=O)O)c2)c1.[K+].[K+].[Na+].[Na+]. The molecule has 50 heavy (non-hydrogen) atoms. The molecular formula is C24H10K2Na2O19S3. The Morgan fingerprint density at radius 3 is 1.12 bits per heavy atom. The molecule has 0 aromatic heterocycles. The van der Waals surface area contributed by atoms with Crippen LogP contribution in [0, 0.1) is 0 Å². The minimum absolute atomic E-state index is 0. The Morgan fingerprint density at radius 2 is 0.820 bits per heavy atom. The number of hydrogen-bond acceptors (Lipinski definition) is 18. The fourth-order valence-electron chi connectivity index (χ4n) is 3.38. The summed E-state index contributed by atoms with van der Waals surface area (Å²) in [7, 11) is -16.4. The average Bonchev–Trinajstić information content (AvgIpc) is 2.95. The van der Waals surface area contributed by atoms with Crippen molar-refractivity contribution in [3.05, 3.63) is 88.0 Å². The third-order valence-corrected chi connectivity index (χ3v) is 8.68. The molecule has 3 aromatic carbocycles. The van der Waals surface area contributed by atoms with Gasteiger partial charge in [-0.3, -0.25) is 4.55 Å². The number of benzene rings is 3. The second-order valence-corrected chi connectivity index (χ2v) is 13.0. The van der Waals surface area contributed by atoms with E-state index in [1.807, 2.05) is 0 Å². The quantitative estimate of drug-likeness (QED) is 0.107. The Morgan fingerprint density at radius 1 is 0.500 bits per heavy atom. The van der Waals surface area contributed by atoms with Crippen molar-refractivity contribution in [3.63, 3.8) is 0 Å². The molecular weight excluding hydrogens is 813 g/mol. The van der Waals surface area contributed by atoms with E-state index in [0.717, 1.165) is 0 Å². The summed E-state index contributed by atoms with van der Waals surface area (Å²) in [6.45, 7) is 0. The van der Waals surface area contributed by atoms with E-state index in [2.05, 4.69) is 8.37 Å². The maximum atomic E-state index is 12.7. The van der Waals surface area contributed by atoms with Crippen LogP contribution in [-0.2, 0) is 38.7 Å². The van der Waals surface area contributed by atoms with Gasteiger partial charge in [-0.15, -0.1) is 0 Å². The van der Waals surface area contributed by atoms with Crippen molar-refractivity contribution in [1.82, 2.24) is 0 Å². The van der Waals surface area contributed by atoms with Crippen LogP contribution in [0.5, 0.6) is 0 Å². The Hall–Kier alpha value is -0.437. The Labute approximate surface area is 410 Å². The van der Waals surface area contributed by atoms with Crippen molar-refractivity contribution < 1.29 is 249 Å². The van der Waals surface area contributed by atoms with Crippen molar-refractivity contribution in [2.24, 2.45) is 0 Å². The van der Waals surface area contributed by atoms with Crippen LogP contribution in [0.4, 0.5) is 0 Å². The average molecular weight is 823 g/mol. The van der Waals surface area contributed by atoms with Gasteiger partial charge in [-0.05, 0) is 76.9 Å². The zero-order chi connectivity index (χ0) is 34.9. The first kappa shape index (κ1) is 51.7. The zero-order valence-electron chi connectivity index (χ0n) is 25.7. The van der Waals surface area contributed by atoms with Crippen LogP contribution >= 0.6 is 0 Å². The van der Waals surface area contributed by atoms with Crippen LogP contribution in [0.15, 0.2) is 69.3 Å². The van der Waals surface area contributed by atoms with Gasteiger partial charge in [-0.25, -0.2) is 9.59 Å². The molecule has 26 heteroatoms. The summed E-state index contributed by atoms with van der Waals surface area (Å²) in [5, 5.41) is 44.6. The number of carbonyl (C=O) groups is 6. The molecule has 0 saturated heterocycles. The van der Waals surface area contributed by atoms with Gasteiger partial charge >= 0.3 is 194 Å². The molecule has 0 aliphatic heterocycles. The molecule has 0 bridgehead atoms. The van der Waals surface area contributed by atoms with Crippen molar-refractivity contribution in [2.45, 2.75) is 14.7 Å². The topological polar surface area (TPSA) is 336 Å². The molecule has 19 nitrogen and oxygen atoms in total. The molecule has 0 atom stereocenters. The Kier molecular flexibility index (Phi) is 21.0. The first-order valence-electron chi connectivity index (χ1n) is 11.3. The van der Waals surface area contributed by atoms with Crippen LogP contribution < -0.4 is 182 Å². The minimum atomic E-state index is -5.59. The second kappa shape index (κ2) is 20.3. The van der Waals surface area contributed by atoms with Gasteiger partial charge in [-0.1, -0.05) is 0 Å². The summed E-state index contributed by atoms with van der Waals surface area (Å²) >= 11 is 0. The van der Waals surface area contributed by atoms with Gasteiger partial charge in [0.15, 0.2) is 0 Å². The van der Waals surface area contributed by atoms with Crippen molar-refractivity contribution >= 4 is 66.2 Å². The molecule has 1 N–H and O–H groups in total. The second-order valence-electron chi connectivity index (χ2n) is 8.48. The monoisotopic (exact) mass is 822 g/mol. The van der Waals surface area contributed by atoms with Gasteiger partial charge < -0.3 is 48.0 Å². The number of carboxylic acid groups (broad SMARTS) is 4. The summed E-state index contributed by atoms with van der Waals surface area (Å²) in [5.41, 5.74) is -6.41. The third kappa shape index (κ3) is 13.1. The number of carboxylic acids is 4. The number of aromatic carboxylic acids is 4. The summed E-state index contributed by atoms with van der Waals surface area (Å²) in [4.78, 5) is 65.7. The molecule has 0 heterocycles. The molecule has 0 fully saturated rings. The molecule has 0 radical (unpaired) electrons. The fraction of sp³-hybridized carbons (Fsp3) is 0. The van der Waals surface area contributed by atoms with Crippen LogP contribution in [-0.4, -0.2) is 65.6 Å². The standard InChI is InChI=1S/C24H14O19S3.2K.2Na/c25-19(26)11-3-12(20(27)28)6-15(5-11)45(38,39)42-23(33)10-1-2-17(18(9-10)44(35,36)37)24(34)43-46(40,41)16-7-13(21(29)30)4-14(8-16)22(31)32;;;;/h1-9H,(H,25,26)(H,27,28)(H,29,30)(H,31,32)(H,35,36,37);;;;/q;4*+1/p-4. The van der Waals surface area contributed by atoms with Crippen LogP contribution in [0.2, 0.25) is 0 Å². The number of rotatable bonds is 11. The van der Waals surface area contributed by atoms with E-state index in [4.69, 9.17) is 0 Å². The van der Waals surface area contributed by atoms with Gasteiger partial charge in [0.05, 0.1) is 35.0 Å². The molecule has 0 amide bonds. The van der Waals surface area contributed by atoms with Crippen molar-refractivity contribution in [3.8, 4) is 0 Å². The van der Waals surface area contributed by atoms with Gasteiger partial charge in [0.1, 0.15) is 14.7 Å². The normalized spacial score (nSPS) is 10.7. The third-order valence-electron chi connectivity index (χ3n) is 5.42. The van der Waals surface area contributed by atoms with Crippen molar-refractivity contribution in [1.29, 1.82) is 0 Å². The van der Waals surface area contributed by atoms with Crippen molar-refractivity contribution in [2.75, 3.05) is 0 Å². The van der Waals surface area contributed by atoms with E-state index in [0.29, 0.717) is 48.5 Å². The van der Waals surface area contributed by atoms with E-state index in [1.54, 1.807) is 0 Å². The molecule has 0 spiro atoms. The first-order valence-corrected chi connectivity index (χ1v) is 15.5. The molecule has 242 valence electrons. The van der Waals surface area contributed by atoms with Gasteiger partial charge in [-0.2, -0.15) is 25.3 Å². The van der Waals surface area contributed by atoms with Crippen LogP contribution in [0.3, 0.4) is 0 Å². The van der Waals surface area contributed by atoms with E-state index in [9.17, 15) is 79.0 Å².